The fraction of sp³-hybridized carbons (Fsp3) is 0.316. The molecule has 2 aromatic heterocycles. The predicted octanol–water partition coefficient (Wildman–Crippen LogP) is 5.17. The summed E-state index contributed by atoms with van der Waals surface area (Å²) in [6, 6.07) is 7.00. The molecular formula is C19H18N6O2. The zero-order chi connectivity index (χ0) is 19.4. The van der Waals surface area contributed by atoms with Crippen LogP contribution in [0.3, 0.4) is 0 Å². The average Bonchev–Trinajstić information content (AvgIpc) is 3.19. The highest BCUT2D eigenvalue weighted by atomic mass is 16.5. The fourth-order valence-electron chi connectivity index (χ4n) is 2.98. The summed E-state index contributed by atoms with van der Waals surface area (Å²) in [4.78, 5) is 11.5. The second-order valence-corrected chi connectivity index (χ2v) is 6.49. The van der Waals surface area contributed by atoms with Gasteiger partial charge < -0.3 is 9.15 Å². The van der Waals surface area contributed by atoms with E-state index >= 15 is 0 Å². The Bertz CT molecular complexity index is 1050. The minimum Gasteiger partial charge on any atom is -0.496 e. The first-order chi connectivity index (χ1) is 13.1. The molecule has 0 aliphatic rings. The molecule has 0 fully saturated rings. The molecule has 3 rings (SSSR count). The van der Waals surface area contributed by atoms with E-state index < -0.39 is 6.04 Å². The van der Waals surface area contributed by atoms with Crippen molar-refractivity contribution in [2.75, 3.05) is 7.11 Å². The Morgan fingerprint density at radius 3 is 2.78 bits per heavy atom. The van der Waals surface area contributed by atoms with E-state index in [4.69, 9.17) is 14.7 Å². The third-order valence-electron chi connectivity index (χ3n) is 4.20. The minimum atomic E-state index is -0.438. The molecule has 0 aliphatic heterocycles. The number of azide groups is 1. The van der Waals surface area contributed by atoms with Crippen LogP contribution in [0.15, 0.2) is 40.3 Å². The minimum absolute atomic E-state index is 0.312. The summed E-state index contributed by atoms with van der Waals surface area (Å²) in [5.41, 5.74) is 11.2. The van der Waals surface area contributed by atoms with Crippen molar-refractivity contribution in [1.82, 2.24) is 9.97 Å². The number of fused-ring (bicyclic) bond motifs is 1. The standard InChI is InChI=1S/C19H18N6O2/c1-11(2)4-17(24-25-21)16-5-12(8-20)13-6-14(19-9-22-10-27-19)18(26-3)7-15(13)23-16/h5-7,9-11,17H,4H2,1-3H3. The van der Waals surface area contributed by atoms with E-state index in [9.17, 15) is 5.26 Å². The first-order valence-electron chi connectivity index (χ1n) is 8.43. The van der Waals surface area contributed by atoms with Crippen LogP contribution in [-0.2, 0) is 0 Å². The Kier molecular flexibility index (Phi) is 5.25. The Balaban J connectivity index is 2.23. The Morgan fingerprint density at radius 1 is 1.37 bits per heavy atom. The maximum atomic E-state index is 9.65. The molecule has 1 unspecified atom stereocenters. The molecule has 1 aromatic carbocycles. The molecule has 8 nitrogen and oxygen atoms in total. The zero-order valence-corrected chi connectivity index (χ0v) is 15.2. The molecule has 0 aliphatic carbocycles. The Morgan fingerprint density at radius 2 is 2.19 bits per heavy atom. The van der Waals surface area contributed by atoms with E-state index in [2.05, 4.69) is 26.1 Å². The van der Waals surface area contributed by atoms with Crippen molar-refractivity contribution in [2.24, 2.45) is 11.0 Å². The van der Waals surface area contributed by atoms with Gasteiger partial charge in [0, 0.05) is 16.4 Å². The van der Waals surface area contributed by atoms with Crippen LogP contribution >= 0.6 is 0 Å². The van der Waals surface area contributed by atoms with Gasteiger partial charge in [0.2, 0.25) is 0 Å². The molecule has 0 bridgehead atoms. The number of pyridine rings is 1. The lowest BCUT2D eigenvalue weighted by atomic mass is 9.98. The van der Waals surface area contributed by atoms with Crippen molar-refractivity contribution in [1.29, 1.82) is 5.26 Å². The van der Waals surface area contributed by atoms with Crippen LogP contribution in [0.5, 0.6) is 5.75 Å². The second-order valence-electron chi connectivity index (χ2n) is 6.49. The van der Waals surface area contributed by atoms with Gasteiger partial charge in [-0.1, -0.05) is 19.0 Å². The SMILES string of the molecule is COc1cc2nc(C(CC(C)C)N=[N+]=[N-])cc(C#N)c2cc1-c1cnco1. The quantitative estimate of drug-likeness (QED) is 0.340. The normalized spacial score (nSPS) is 11.8. The molecular weight excluding hydrogens is 344 g/mol. The molecule has 0 amide bonds. The summed E-state index contributed by atoms with van der Waals surface area (Å²) in [6.45, 7) is 4.08. The number of rotatable bonds is 6. The molecule has 0 saturated heterocycles. The van der Waals surface area contributed by atoms with Gasteiger partial charge in [-0.05, 0) is 30.0 Å². The van der Waals surface area contributed by atoms with Crippen molar-refractivity contribution in [2.45, 2.75) is 26.3 Å². The van der Waals surface area contributed by atoms with Gasteiger partial charge in [0.1, 0.15) is 5.75 Å². The number of oxazole rings is 1. The Hall–Kier alpha value is -3.56. The molecule has 136 valence electrons. The summed E-state index contributed by atoms with van der Waals surface area (Å²) in [7, 11) is 1.55. The maximum Gasteiger partial charge on any atom is 0.181 e. The molecule has 1 atom stereocenters. The molecule has 8 heteroatoms. The largest absolute Gasteiger partial charge is 0.496 e. The molecule has 0 radical (unpaired) electrons. The molecule has 0 saturated carbocycles. The number of hydrogen-bond acceptors (Lipinski definition) is 6. The van der Waals surface area contributed by atoms with Crippen molar-refractivity contribution in [3.8, 4) is 23.1 Å². The molecule has 2 heterocycles. The van der Waals surface area contributed by atoms with Crippen LogP contribution in [0, 0.1) is 17.2 Å². The highest BCUT2D eigenvalue weighted by Crippen LogP contribution is 2.36. The lowest BCUT2D eigenvalue weighted by Gasteiger charge is -2.15. The van der Waals surface area contributed by atoms with E-state index in [0.717, 1.165) is 0 Å². The zero-order valence-electron chi connectivity index (χ0n) is 15.2. The summed E-state index contributed by atoms with van der Waals surface area (Å²) in [6.07, 6.45) is 3.56. The van der Waals surface area contributed by atoms with Crippen LogP contribution in [0.2, 0.25) is 0 Å². The first-order valence-corrected chi connectivity index (χ1v) is 8.43. The van der Waals surface area contributed by atoms with Gasteiger partial charge in [0.15, 0.2) is 12.2 Å². The first kappa shape index (κ1) is 18.2. The van der Waals surface area contributed by atoms with Crippen LogP contribution in [0.25, 0.3) is 32.7 Å². The number of aromatic nitrogens is 2. The molecule has 0 spiro atoms. The molecule has 3 aromatic rings. The molecule has 0 N–H and O–H groups in total. The average molecular weight is 362 g/mol. The second kappa shape index (κ2) is 7.77. The van der Waals surface area contributed by atoms with Crippen LogP contribution < -0.4 is 4.74 Å². The van der Waals surface area contributed by atoms with Crippen molar-refractivity contribution < 1.29 is 9.15 Å². The van der Waals surface area contributed by atoms with Gasteiger partial charge >= 0.3 is 0 Å². The third kappa shape index (κ3) is 3.68. The van der Waals surface area contributed by atoms with Gasteiger partial charge in [-0.25, -0.2) is 4.98 Å². The van der Waals surface area contributed by atoms with Crippen LogP contribution in [0.1, 0.15) is 37.6 Å². The fourth-order valence-corrected chi connectivity index (χ4v) is 2.98. The highest BCUT2D eigenvalue weighted by Gasteiger charge is 2.19. The summed E-state index contributed by atoms with van der Waals surface area (Å²) in [5.74, 6) is 1.40. The number of hydrogen-bond donors (Lipinski definition) is 0. The lowest BCUT2D eigenvalue weighted by Crippen LogP contribution is -2.04. The van der Waals surface area contributed by atoms with Crippen molar-refractivity contribution in [3.05, 3.63) is 52.5 Å². The number of nitrogens with zero attached hydrogens (tertiary/aromatic N) is 6. The van der Waals surface area contributed by atoms with E-state index in [0.29, 0.717) is 51.6 Å². The van der Waals surface area contributed by atoms with E-state index in [1.54, 1.807) is 31.5 Å². The van der Waals surface area contributed by atoms with Crippen molar-refractivity contribution >= 4 is 10.9 Å². The number of methoxy groups -OCH3 is 1. The van der Waals surface area contributed by atoms with Gasteiger partial charge in [0.25, 0.3) is 0 Å². The van der Waals surface area contributed by atoms with E-state index in [1.165, 1.54) is 6.39 Å². The van der Waals surface area contributed by atoms with Gasteiger partial charge in [-0.2, -0.15) is 5.26 Å². The van der Waals surface area contributed by atoms with Gasteiger partial charge in [-0.3, -0.25) is 4.98 Å². The van der Waals surface area contributed by atoms with Crippen LogP contribution in [0.4, 0.5) is 0 Å². The smallest absolute Gasteiger partial charge is 0.181 e. The topological polar surface area (TPSA) is 121 Å². The highest BCUT2D eigenvalue weighted by molar-refractivity contribution is 5.91. The molecule has 27 heavy (non-hydrogen) atoms. The third-order valence-corrected chi connectivity index (χ3v) is 4.20. The van der Waals surface area contributed by atoms with E-state index in [1.807, 2.05) is 13.8 Å². The van der Waals surface area contributed by atoms with Gasteiger partial charge in [-0.15, -0.1) is 0 Å². The number of ether oxygens (including phenoxy) is 1. The Labute approximate surface area is 156 Å². The summed E-state index contributed by atoms with van der Waals surface area (Å²) < 4.78 is 10.8. The van der Waals surface area contributed by atoms with E-state index in [-0.39, 0.29) is 0 Å². The summed E-state index contributed by atoms with van der Waals surface area (Å²) >= 11 is 0. The maximum absolute atomic E-state index is 9.65. The number of benzene rings is 1. The summed E-state index contributed by atoms with van der Waals surface area (Å²) in [5, 5.41) is 14.2. The monoisotopic (exact) mass is 362 g/mol. The number of nitriles is 1. The predicted molar refractivity (Wildman–Crippen MR) is 99.8 cm³/mol. The van der Waals surface area contributed by atoms with Gasteiger partial charge in [0.05, 0.1) is 47.8 Å². The van der Waals surface area contributed by atoms with Crippen molar-refractivity contribution in [3.63, 3.8) is 0 Å². The van der Waals surface area contributed by atoms with Crippen LogP contribution in [-0.4, -0.2) is 17.1 Å². The lowest BCUT2D eigenvalue weighted by molar-refractivity contribution is 0.415.